The van der Waals surface area contributed by atoms with Gasteiger partial charge in [0.05, 0.1) is 17.7 Å². The second-order valence-electron chi connectivity index (χ2n) is 6.78. The first-order valence-corrected chi connectivity index (χ1v) is 8.86. The van der Waals surface area contributed by atoms with Crippen molar-refractivity contribution in [1.82, 2.24) is 10.2 Å². The van der Waals surface area contributed by atoms with Crippen LogP contribution in [0.2, 0.25) is 0 Å². The summed E-state index contributed by atoms with van der Waals surface area (Å²) >= 11 is 0. The van der Waals surface area contributed by atoms with Crippen molar-refractivity contribution < 1.29 is 5.11 Å². The number of nitrogens with one attached hydrogen (secondary N) is 1. The smallest absolute Gasteiger partial charge is 0.0991 e. The number of nitrogens with zero attached hydrogens (tertiary/aromatic N) is 2. The lowest BCUT2D eigenvalue weighted by Gasteiger charge is -2.20. The third-order valence-corrected chi connectivity index (χ3v) is 4.90. The molecule has 3 rings (SSSR count). The Morgan fingerprint density at radius 2 is 1.92 bits per heavy atom. The van der Waals surface area contributed by atoms with Crippen LogP contribution in [0.1, 0.15) is 41.6 Å². The lowest BCUT2D eigenvalue weighted by molar-refractivity contribution is 0.174. The summed E-state index contributed by atoms with van der Waals surface area (Å²) < 4.78 is 0. The Balaban J connectivity index is 1.61. The number of nitriles is 1. The van der Waals surface area contributed by atoms with Gasteiger partial charge in [-0.15, -0.1) is 0 Å². The molecule has 0 amide bonds. The SMILES string of the molecule is CC(NCc1ccccc1CN1CCC(O)C1)c1ccc(C#N)cc1. The first-order chi connectivity index (χ1) is 12.2. The normalized spacial score (nSPS) is 18.8. The van der Waals surface area contributed by atoms with Crippen molar-refractivity contribution in [3.05, 3.63) is 70.8 Å². The van der Waals surface area contributed by atoms with Gasteiger partial charge < -0.3 is 10.4 Å². The summed E-state index contributed by atoms with van der Waals surface area (Å²) in [5.41, 5.74) is 4.48. The predicted molar refractivity (Wildman–Crippen MR) is 98.8 cm³/mol. The summed E-state index contributed by atoms with van der Waals surface area (Å²) in [4.78, 5) is 2.31. The standard InChI is InChI=1S/C21H25N3O/c1-16(18-8-6-17(12-22)7-9-18)23-13-19-4-2-3-5-20(19)14-24-11-10-21(25)15-24/h2-9,16,21,23,25H,10-11,13-15H2,1H3. The molecular weight excluding hydrogens is 310 g/mol. The topological polar surface area (TPSA) is 59.3 Å². The van der Waals surface area contributed by atoms with E-state index in [2.05, 4.69) is 47.5 Å². The number of likely N-dealkylation sites (tertiary alicyclic amines) is 1. The summed E-state index contributed by atoms with van der Waals surface area (Å²) in [5, 5.41) is 22.2. The molecule has 1 fully saturated rings. The molecule has 25 heavy (non-hydrogen) atoms. The van der Waals surface area contributed by atoms with Crippen LogP contribution in [0.3, 0.4) is 0 Å². The van der Waals surface area contributed by atoms with E-state index in [1.165, 1.54) is 16.7 Å². The largest absolute Gasteiger partial charge is 0.392 e. The molecule has 2 aromatic rings. The van der Waals surface area contributed by atoms with Crippen LogP contribution < -0.4 is 5.32 Å². The van der Waals surface area contributed by atoms with E-state index >= 15 is 0 Å². The summed E-state index contributed by atoms with van der Waals surface area (Å²) in [7, 11) is 0. The van der Waals surface area contributed by atoms with Crippen molar-refractivity contribution in [2.45, 2.75) is 38.6 Å². The molecule has 2 aromatic carbocycles. The maximum absolute atomic E-state index is 9.71. The highest BCUT2D eigenvalue weighted by atomic mass is 16.3. The Morgan fingerprint density at radius 3 is 2.56 bits per heavy atom. The highest BCUT2D eigenvalue weighted by molar-refractivity contribution is 5.33. The van der Waals surface area contributed by atoms with Crippen LogP contribution in [-0.4, -0.2) is 29.2 Å². The molecule has 0 spiro atoms. The van der Waals surface area contributed by atoms with Crippen LogP contribution >= 0.6 is 0 Å². The predicted octanol–water partition coefficient (Wildman–Crippen LogP) is 2.98. The van der Waals surface area contributed by atoms with Gasteiger partial charge in [0.1, 0.15) is 0 Å². The molecule has 1 saturated heterocycles. The maximum atomic E-state index is 9.71. The van der Waals surface area contributed by atoms with Crippen molar-refractivity contribution in [1.29, 1.82) is 5.26 Å². The molecule has 1 aliphatic rings. The molecule has 2 unspecified atom stereocenters. The quantitative estimate of drug-likeness (QED) is 0.852. The zero-order chi connectivity index (χ0) is 17.6. The van der Waals surface area contributed by atoms with Gasteiger partial charge in [0.2, 0.25) is 0 Å². The van der Waals surface area contributed by atoms with Gasteiger partial charge in [-0.3, -0.25) is 4.90 Å². The van der Waals surface area contributed by atoms with Crippen molar-refractivity contribution in [3.8, 4) is 6.07 Å². The Labute approximate surface area is 149 Å². The lowest BCUT2D eigenvalue weighted by atomic mass is 10.0. The van der Waals surface area contributed by atoms with E-state index in [-0.39, 0.29) is 12.1 Å². The van der Waals surface area contributed by atoms with Crippen LogP contribution in [-0.2, 0) is 13.1 Å². The molecule has 1 heterocycles. The van der Waals surface area contributed by atoms with Gasteiger partial charge >= 0.3 is 0 Å². The molecule has 130 valence electrons. The first-order valence-electron chi connectivity index (χ1n) is 8.86. The van der Waals surface area contributed by atoms with Gasteiger partial charge in [0.25, 0.3) is 0 Å². The average molecular weight is 335 g/mol. The van der Waals surface area contributed by atoms with E-state index in [0.29, 0.717) is 5.56 Å². The Bertz CT molecular complexity index is 736. The molecule has 0 saturated carbocycles. The van der Waals surface area contributed by atoms with Crippen LogP contribution in [0, 0.1) is 11.3 Å². The van der Waals surface area contributed by atoms with Gasteiger partial charge in [-0.2, -0.15) is 5.26 Å². The fraction of sp³-hybridized carbons (Fsp3) is 0.381. The highest BCUT2D eigenvalue weighted by Crippen LogP contribution is 2.18. The zero-order valence-electron chi connectivity index (χ0n) is 14.7. The van der Waals surface area contributed by atoms with E-state index in [0.717, 1.165) is 32.6 Å². The van der Waals surface area contributed by atoms with E-state index in [9.17, 15) is 5.11 Å². The van der Waals surface area contributed by atoms with Crippen molar-refractivity contribution in [2.24, 2.45) is 0 Å². The Morgan fingerprint density at radius 1 is 1.20 bits per heavy atom. The number of aliphatic hydroxyl groups is 1. The summed E-state index contributed by atoms with van der Waals surface area (Å²) in [6.45, 7) is 5.56. The summed E-state index contributed by atoms with van der Waals surface area (Å²) in [6, 6.07) is 18.6. The third kappa shape index (κ3) is 4.67. The van der Waals surface area contributed by atoms with Crippen molar-refractivity contribution in [2.75, 3.05) is 13.1 Å². The fourth-order valence-corrected chi connectivity index (χ4v) is 3.31. The number of hydrogen-bond acceptors (Lipinski definition) is 4. The van der Waals surface area contributed by atoms with Crippen LogP contribution in [0.5, 0.6) is 0 Å². The van der Waals surface area contributed by atoms with E-state index < -0.39 is 0 Å². The Hall–Kier alpha value is -2.19. The van der Waals surface area contributed by atoms with Crippen molar-refractivity contribution in [3.63, 3.8) is 0 Å². The second kappa shape index (κ2) is 8.26. The fourth-order valence-electron chi connectivity index (χ4n) is 3.31. The molecule has 4 nitrogen and oxygen atoms in total. The van der Waals surface area contributed by atoms with Crippen LogP contribution in [0.25, 0.3) is 0 Å². The molecular formula is C21H25N3O. The number of benzene rings is 2. The molecule has 1 aliphatic heterocycles. The molecule has 2 atom stereocenters. The minimum Gasteiger partial charge on any atom is -0.392 e. The number of β-amino-alcohol motifs (C(OH)–C–C–N with tert-alkyl or cyclic N) is 1. The summed E-state index contributed by atoms with van der Waals surface area (Å²) in [6.07, 6.45) is 0.692. The summed E-state index contributed by atoms with van der Waals surface area (Å²) in [5.74, 6) is 0. The minimum absolute atomic E-state index is 0.179. The number of hydrogen-bond donors (Lipinski definition) is 2. The number of rotatable bonds is 6. The molecule has 0 aromatic heterocycles. The number of aliphatic hydroxyl groups excluding tert-OH is 1. The molecule has 4 heteroatoms. The van der Waals surface area contributed by atoms with Crippen molar-refractivity contribution >= 4 is 0 Å². The molecule has 0 bridgehead atoms. The zero-order valence-corrected chi connectivity index (χ0v) is 14.7. The van der Waals surface area contributed by atoms with E-state index in [1.807, 2.05) is 24.3 Å². The van der Waals surface area contributed by atoms with Gasteiger partial charge in [0.15, 0.2) is 0 Å². The maximum Gasteiger partial charge on any atom is 0.0991 e. The van der Waals surface area contributed by atoms with Gasteiger partial charge in [-0.1, -0.05) is 36.4 Å². The van der Waals surface area contributed by atoms with Gasteiger partial charge in [-0.05, 0) is 42.2 Å². The lowest BCUT2D eigenvalue weighted by Crippen LogP contribution is -2.24. The van der Waals surface area contributed by atoms with Crippen LogP contribution in [0.4, 0.5) is 0 Å². The van der Waals surface area contributed by atoms with E-state index in [1.54, 1.807) is 0 Å². The third-order valence-electron chi connectivity index (χ3n) is 4.90. The highest BCUT2D eigenvalue weighted by Gasteiger charge is 2.20. The second-order valence-corrected chi connectivity index (χ2v) is 6.78. The van der Waals surface area contributed by atoms with E-state index in [4.69, 9.17) is 5.26 Å². The molecule has 2 N–H and O–H groups in total. The molecule has 0 aliphatic carbocycles. The first kappa shape index (κ1) is 17.6. The van der Waals surface area contributed by atoms with Gasteiger partial charge in [0, 0.05) is 32.2 Å². The van der Waals surface area contributed by atoms with Gasteiger partial charge in [-0.25, -0.2) is 0 Å². The molecule has 0 radical (unpaired) electrons. The monoisotopic (exact) mass is 335 g/mol. The average Bonchev–Trinajstić information content (AvgIpc) is 3.05. The minimum atomic E-state index is -0.179. The Kier molecular flexibility index (Phi) is 5.83. The van der Waals surface area contributed by atoms with Crippen LogP contribution in [0.15, 0.2) is 48.5 Å².